The summed E-state index contributed by atoms with van der Waals surface area (Å²) in [6.45, 7) is 10.3. The number of carbonyl (C=O) groups excluding carboxylic acids is 1. The summed E-state index contributed by atoms with van der Waals surface area (Å²) in [5, 5.41) is 7.62. The molecule has 2 aliphatic rings. The Morgan fingerprint density at radius 2 is 1.91 bits per heavy atom. The molecule has 1 amide bonds. The molecule has 1 saturated heterocycles. The Morgan fingerprint density at radius 3 is 2.43 bits per heavy atom. The first-order valence-electron chi connectivity index (χ1n) is 7.81. The largest absolute Gasteiger partial charge is 0.344 e. The minimum absolute atomic E-state index is 0. The maximum Gasteiger partial charge on any atom is 0.224 e. The van der Waals surface area contributed by atoms with Gasteiger partial charge in [0.15, 0.2) is 0 Å². The van der Waals surface area contributed by atoms with Gasteiger partial charge >= 0.3 is 0 Å². The highest BCUT2D eigenvalue weighted by molar-refractivity contribution is 7.11. The predicted molar refractivity (Wildman–Crippen MR) is 99.9 cm³/mol. The van der Waals surface area contributed by atoms with Gasteiger partial charge in [-0.3, -0.25) is 4.79 Å². The van der Waals surface area contributed by atoms with Gasteiger partial charge in [-0.1, -0.05) is 0 Å². The highest BCUT2D eigenvalue weighted by Crippen LogP contribution is 2.58. The number of amides is 1. The second-order valence-corrected chi connectivity index (χ2v) is 8.35. The van der Waals surface area contributed by atoms with Crippen molar-refractivity contribution < 1.29 is 4.79 Å². The van der Waals surface area contributed by atoms with E-state index in [-0.39, 0.29) is 42.2 Å². The number of rotatable bonds is 3. The Bertz CT molecular complexity index is 548. The third kappa shape index (κ3) is 4.01. The number of nitrogens with zero attached hydrogens (tertiary/aromatic N) is 1. The maximum absolute atomic E-state index is 12.6. The summed E-state index contributed by atoms with van der Waals surface area (Å²) in [6.07, 6.45) is 3.34. The van der Waals surface area contributed by atoms with Crippen LogP contribution in [0.15, 0.2) is 0 Å². The first-order chi connectivity index (χ1) is 9.84. The fraction of sp³-hybridized carbons (Fsp3) is 0.750. The van der Waals surface area contributed by atoms with Crippen LogP contribution in [0.3, 0.4) is 0 Å². The molecule has 1 atom stereocenters. The Balaban J connectivity index is 0.00000132. The van der Waals surface area contributed by atoms with Gasteiger partial charge in [0, 0.05) is 10.8 Å². The molecule has 2 fully saturated rings. The normalized spacial score (nSPS) is 22.0. The highest BCUT2D eigenvalue weighted by Gasteiger charge is 2.58. The number of aromatic nitrogens is 1. The summed E-state index contributed by atoms with van der Waals surface area (Å²) in [6, 6.07) is 0. The van der Waals surface area contributed by atoms with E-state index in [0.29, 0.717) is 5.41 Å². The summed E-state index contributed by atoms with van der Waals surface area (Å²) in [5.41, 5.74) is 0.982. The third-order valence-corrected chi connectivity index (χ3v) is 6.50. The lowest BCUT2D eigenvalue weighted by Gasteiger charge is -2.27. The standard InChI is InChI=1S/C16H25N3OS.2ClH/c1-10-11(2)21-14(18-10)15(3,4)19-13(20)12-9-16(12)5-7-17-8-6-16;;/h12,17H,5-9H2,1-4H3,(H,19,20);2*1H. The monoisotopic (exact) mass is 379 g/mol. The molecule has 3 rings (SSSR count). The minimum atomic E-state index is -0.378. The Morgan fingerprint density at radius 1 is 1.30 bits per heavy atom. The number of halogens is 2. The van der Waals surface area contributed by atoms with Gasteiger partial charge in [0.05, 0.1) is 11.2 Å². The van der Waals surface area contributed by atoms with Crippen LogP contribution in [0.4, 0.5) is 0 Å². The molecule has 0 aromatic carbocycles. The number of hydrogen-bond acceptors (Lipinski definition) is 4. The van der Waals surface area contributed by atoms with Crippen molar-refractivity contribution in [1.82, 2.24) is 15.6 Å². The van der Waals surface area contributed by atoms with Crippen molar-refractivity contribution in [2.24, 2.45) is 11.3 Å². The topological polar surface area (TPSA) is 54.0 Å². The van der Waals surface area contributed by atoms with Gasteiger partial charge in [-0.2, -0.15) is 0 Å². The van der Waals surface area contributed by atoms with Crippen molar-refractivity contribution in [3.05, 3.63) is 15.6 Å². The van der Waals surface area contributed by atoms with E-state index < -0.39 is 0 Å². The number of piperidine rings is 1. The molecule has 23 heavy (non-hydrogen) atoms. The van der Waals surface area contributed by atoms with Crippen LogP contribution < -0.4 is 10.6 Å². The molecule has 1 aromatic rings. The summed E-state index contributed by atoms with van der Waals surface area (Å²) >= 11 is 1.69. The third-order valence-electron chi connectivity index (χ3n) is 5.10. The minimum Gasteiger partial charge on any atom is -0.344 e. The Kier molecular flexibility index (Phi) is 6.53. The van der Waals surface area contributed by atoms with E-state index in [4.69, 9.17) is 0 Å². The maximum atomic E-state index is 12.6. The van der Waals surface area contributed by atoms with Crippen LogP contribution in [0.1, 0.15) is 48.7 Å². The number of nitrogens with one attached hydrogen (secondary N) is 2. The molecule has 0 bridgehead atoms. The molecular weight excluding hydrogens is 353 g/mol. The molecule has 1 saturated carbocycles. The summed E-state index contributed by atoms with van der Waals surface area (Å²) in [7, 11) is 0. The lowest BCUT2D eigenvalue weighted by atomic mass is 9.91. The van der Waals surface area contributed by atoms with E-state index >= 15 is 0 Å². The van der Waals surface area contributed by atoms with Crippen LogP contribution in [-0.4, -0.2) is 24.0 Å². The molecule has 1 aromatic heterocycles. The molecule has 132 valence electrons. The molecular formula is C16H27Cl2N3OS. The average Bonchev–Trinajstić information content (AvgIpc) is 3.00. The molecule has 1 aliphatic heterocycles. The van der Waals surface area contributed by atoms with Crippen LogP contribution in [0.5, 0.6) is 0 Å². The second kappa shape index (κ2) is 7.26. The smallest absolute Gasteiger partial charge is 0.224 e. The first-order valence-corrected chi connectivity index (χ1v) is 8.63. The summed E-state index contributed by atoms with van der Waals surface area (Å²) < 4.78 is 0. The van der Waals surface area contributed by atoms with Crippen molar-refractivity contribution in [3.8, 4) is 0 Å². The van der Waals surface area contributed by atoms with Crippen LogP contribution >= 0.6 is 36.2 Å². The molecule has 4 nitrogen and oxygen atoms in total. The fourth-order valence-corrected chi connectivity index (χ4v) is 4.36. The van der Waals surface area contributed by atoms with Crippen molar-refractivity contribution in [2.45, 2.75) is 52.5 Å². The molecule has 2 heterocycles. The van der Waals surface area contributed by atoms with Gasteiger partial charge in [0.1, 0.15) is 5.01 Å². The van der Waals surface area contributed by atoms with Gasteiger partial charge in [0.2, 0.25) is 5.91 Å². The van der Waals surface area contributed by atoms with E-state index in [9.17, 15) is 4.79 Å². The second-order valence-electron chi connectivity index (χ2n) is 7.14. The summed E-state index contributed by atoms with van der Waals surface area (Å²) in [5.74, 6) is 0.424. The average molecular weight is 380 g/mol. The molecule has 1 aliphatic carbocycles. The van der Waals surface area contributed by atoms with E-state index in [1.807, 2.05) is 6.92 Å². The van der Waals surface area contributed by atoms with Crippen molar-refractivity contribution in [3.63, 3.8) is 0 Å². The lowest BCUT2D eigenvalue weighted by molar-refractivity contribution is -0.125. The quantitative estimate of drug-likeness (QED) is 0.846. The van der Waals surface area contributed by atoms with Crippen molar-refractivity contribution in [2.75, 3.05) is 13.1 Å². The summed E-state index contributed by atoms with van der Waals surface area (Å²) in [4.78, 5) is 18.4. The van der Waals surface area contributed by atoms with Crippen molar-refractivity contribution >= 4 is 42.1 Å². The van der Waals surface area contributed by atoms with E-state index in [1.54, 1.807) is 11.3 Å². The van der Waals surface area contributed by atoms with Gasteiger partial charge in [-0.05, 0) is 65.5 Å². The van der Waals surface area contributed by atoms with Crippen LogP contribution in [-0.2, 0) is 10.3 Å². The van der Waals surface area contributed by atoms with Crippen LogP contribution in [0, 0.1) is 25.2 Å². The predicted octanol–water partition coefficient (Wildman–Crippen LogP) is 3.34. The fourth-order valence-electron chi connectivity index (χ4n) is 3.38. The molecule has 1 unspecified atom stereocenters. The van der Waals surface area contributed by atoms with Gasteiger partial charge < -0.3 is 10.6 Å². The van der Waals surface area contributed by atoms with Crippen LogP contribution in [0.25, 0.3) is 0 Å². The zero-order valence-electron chi connectivity index (χ0n) is 14.2. The zero-order chi connectivity index (χ0) is 15.3. The number of aryl methyl sites for hydroxylation is 2. The van der Waals surface area contributed by atoms with E-state index in [1.165, 1.54) is 4.88 Å². The highest BCUT2D eigenvalue weighted by atomic mass is 35.5. The Hall–Kier alpha value is -0.360. The Labute approximate surface area is 155 Å². The van der Waals surface area contributed by atoms with Gasteiger partial charge in [0.25, 0.3) is 0 Å². The number of hydrogen-bond donors (Lipinski definition) is 2. The van der Waals surface area contributed by atoms with Crippen LogP contribution in [0.2, 0.25) is 0 Å². The lowest BCUT2D eigenvalue weighted by Crippen LogP contribution is -2.43. The zero-order valence-corrected chi connectivity index (χ0v) is 16.6. The van der Waals surface area contributed by atoms with Crippen molar-refractivity contribution in [1.29, 1.82) is 0 Å². The number of carbonyl (C=O) groups is 1. The number of thiazole rings is 1. The SMILES string of the molecule is Cc1nc(C(C)(C)NC(=O)C2CC23CCNCC3)sc1C.Cl.Cl. The van der Waals surface area contributed by atoms with Gasteiger partial charge in [-0.15, -0.1) is 36.2 Å². The molecule has 2 N–H and O–H groups in total. The molecule has 0 radical (unpaired) electrons. The first kappa shape index (κ1) is 20.7. The molecule has 1 spiro atoms. The molecule has 7 heteroatoms. The van der Waals surface area contributed by atoms with E-state index in [2.05, 4.69) is 36.4 Å². The van der Waals surface area contributed by atoms with E-state index in [0.717, 1.165) is 43.1 Å². The van der Waals surface area contributed by atoms with Gasteiger partial charge in [-0.25, -0.2) is 4.98 Å².